The Bertz CT molecular complexity index is 537. The van der Waals surface area contributed by atoms with E-state index in [0.717, 1.165) is 17.3 Å². The van der Waals surface area contributed by atoms with Crippen LogP contribution in [0.15, 0.2) is 30.5 Å². The van der Waals surface area contributed by atoms with Crippen LogP contribution in [0.4, 0.5) is 8.78 Å². The minimum atomic E-state index is -0.822. The zero-order chi connectivity index (χ0) is 13.1. The normalized spacial score (nSPS) is 12.7. The smallest absolute Gasteiger partial charge is 0.159 e. The predicted molar refractivity (Wildman–Crippen MR) is 64.8 cm³/mol. The van der Waals surface area contributed by atoms with E-state index >= 15 is 0 Å². The van der Waals surface area contributed by atoms with Crippen LogP contribution in [0.5, 0.6) is 0 Å². The Balaban J connectivity index is 2.01. The number of aryl methyl sites for hydroxylation is 1. The summed E-state index contributed by atoms with van der Waals surface area (Å²) in [4.78, 5) is 0. The monoisotopic (exact) mass is 251 g/mol. The topological polar surface area (TPSA) is 29.9 Å². The molecule has 1 aromatic heterocycles. The SMILES string of the molecule is CC(NCc1ccnn1C)c1ccc(F)c(F)c1. The van der Waals surface area contributed by atoms with Crippen molar-refractivity contribution < 1.29 is 8.78 Å². The van der Waals surface area contributed by atoms with Crippen molar-refractivity contribution in [3.63, 3.8) is 0 Å². The van der Waals surface area contributed by atoms with Gasteiger partial charge in [-0.2, -0.15) is 5.10 Å². The van der Waals surface area contributed by atoms with Crippen molar-refractivity contribution >= 4 is 0 Å². The molecule has 0 saturated carbocycles. The van der Waals surface area contributed by atoms with Crippen molar-refractivity contribution in [3.05, 3.63) is 53.4 Å². The van der Waals surface area contributed by atoms with Crippen molar-refractivity contribution in [2.75, 3.05) is 0 Å². The van der Waals surface area contributed by atoms with Crippen LogP contribution in [0, 0.1) is 11.6 Å². The average molecular weight is 251 g/mol. The van der Waals surface area contributed by atoms with Gasteiger partial charge in [-0.05, 0) is 30.7 Å². The summed E-state index contributed by atoms with van der Waals surface area (Å²) in [7, 11) is 1.86. The maximum atomic E-state index is 13.1. The molecular weight excluding hydrogens is 236 g/mol. The lowest BCUT2D eigenvalue weighted by Crippen LogP contribution is -2.20. The van der Waals surface area contributed by atoms with Crippen molar-refractivity contribution in [3.8, 4) is 0 Å². The fraction of sp³-hybridized carbons (Fsp3) is 0.308. The molecule has 1 unspecified atom stereocenters. The van der Waals surface area contributed by atoms with E-state index in [9.17, 15) is 8.78 Å². The van der Waals surface area contributed by atoms with Gasteiger partial charge in [-0.1, -0.05) is 6.07 Å². The first kappa shape index (κ1) is 12.7. The molecule has 5 heteroatoms. The summed E-state index contributed by atoms with van der Waals surface area (Å²) in [5.74, 6) is -1.64. The highest BCUT2D eigenvalue weighted by Gasteiger charge is 2.09. The molecule has 0 aliphatic rings. The van der Waals surface area contributed by atoms with Gasteiger partial charge in [0.15, 0.2) is 11.6 Å². The highest BCUT2D eigenvalue weighted by molar-refractivity contribution is 5.20. The van der Waals surface area contributed by atoms with Gasteiger partial charge in [0.25, 0.3) is 0 Å². The van der Waals surface area contributed by atoms with Crippen LogP contribution in [0.25, 0.3) is 0 Å². The average Bonchev–Trinajstić information content (AvgIpc) is 2.75. The molecule has 18 heavy (non-hydrogen) atoms. The summed E-state index contributed by atoms with van der Waals surface area (Å²) in [6.07, 6.45) is 1.72. The molecule has 0 fully saturated rings. The lowest BCUT2D eigenvalue weighted by atomic mass is 10.1. The van der Waals surface area contributed by atoms with E-state index in [0.29, 0.717) is 6.54 Å². The lowest BCUT2D eigenvalue weighted by Gasteiger charge is -2.14. The van der Waals surface area contributed by atoms with Gasteiger partial charge in [0, 0.05) is 25.8 Å². The molecule has 1 N–H and O–H groups in total. The van der Waals surface area contributed by atoms with E-state index in [1.165, 1.54) is 6.07 Å². The molecule has 0 saturated heterocycles. The third-order valence-corrected chi connectivity index (χ3v) is 2.96. The second-order valence-corrected chi connectivity index (χ2v) is 4.22. The molecule has 1 heterocycles. The maximum absolute atomic E-state index is 13.1. The van der Waals surface area contributed by atoms with Crippen molar-refractivity contribution in [1.29, 1.82) is 0 Å². The molecule has 2 rings (SSSR count). The molecule has 0 bridgehead atoms. The molecule has 0 aliphatic carbocycles. The fourth-order valence-electron chi connectivity index (χ4n) is 1.73. The van der Waals surface area contributed by atoms with Crippen LogP contribution in [0.1, 0.15) is 24.2 Å². The number of hydrogen-bond donors (Lipinski definition) is 1. The summed E-state index contributed by atoms with van der Waals surface area (Å²) in [6.45, 7) is 2.53. The van der Waals surface area contributed by atoms with Gasteiger partial charge in [-0.3, -0.25) is 4.68 Å². The van der Waals surface area contributed by atoms with Crippen LogP contribution < -0.4 is 5.32 Å². The zero-order valence-corrected chi connectivity index (χ0v) is 10.3. The van der Waals surface area contributed by atoms with Gasteiger partial charge in [0.05, 0.1) is 5.69 Å². The summed E-state index contributed by atoms with van der Waals surface area (Å²) in [5.41, 5.74) is 1.75. The van der Waals surface area contributed by atoms with E-state index in [1.807, 2.05) is 20.0 Å². The molecule has 0 spiro atoms. The fourth-order valence-corrected chi connectivity index (χ4v) is 1.73. The quantitative estimate of drug-likeness (QED) is 0.905. The number of nitrogens with zero attached hydrogens (tertiary/aromatic N) is 2. The number of benzene rings is 1. The molecule has 2 aromatic rings. The van der Waals surface area contributed by atoms with Crippen LogP contribution in [-0.2, 0) is 13.6 Å². The Hall–Kier alpha value is -1.75. The van der Waals surface area contributed by atoms with E-state index in [-0.39, 0.29) is 6.04 Å². The Morgan fingerprint density at radius 1 is 1.28 bits per heavy atom. The summed E-state index contributed by atoms with van der Waals surface area (Å²) in [6, 6.07) is 5.79. The molecule has 0 amide bonds. The van der Waals surface area contributed by atoms with Gasteiger partial charge in [-0.15, -0.1) is 0 Å². The molecule has 0 aliphatic heterocycles. The van der Waals surface area contributed by atoms with Gasteiger partial charge < -0.3 is 5.32 Å². The Morgan fingerprint density at radius 3 is 2.67 bits per heavy atom. The molecule has 3 nitrogen and oxygen atoms in total. The number of rotatable bonds is 4. The highest BCUT2D eigenvalue weighted by Crippen LogP contribution is 2.16. The Labute approximate surface area is 104 Å². The maximum Gasteiger partial charge on any atom is 0.159 e. The first-order chi connectivity index (χ1) is 8.58. The third-order valence-electron chi connectivity index (χ3n) is 2.96. The third kappa shape index (κ3) is 2.73. The molecule has 1 atom stereocenters. The highest BCUT2D eigenvalue weighted by atomic mass is 19.2. The minimum Gasteiger partial charge on any atom is -0.305 e. The number of aromatic nitrogens is 2. The van der Waals surface area contributed by atoms with Crippen molar-refractivity contribution in [2.45, 2.75) is 19.5 Å². The van der Waals surface area contributed by atoms with Gasteiger partial charge >= 0.3 is 0 Å². The first-order valence-corrected chi connectivity index (χ1v) is 5.73. The second kappa shape index (κ2) is 5.27. The van der Waals surface area contributed by atoms with Crippen molar-refractivity contribution in [1.82, 2.24) is 15.1 Å². The summed E-state index contributed by atoms with van der Waals surface area (Å²) in [5, 5.41) is 7.30. The predicted octanol–water partition coefficient (Wildman–Crippen LogP) is 2.55. The summed E-state index contributed by atoms with van der Waals surface area (Å²) < 4.78 is 27.7. The van der Waals surface area contributed by atoms with Crippen molar-refractivity contribution in [2.24, 2.45) is 7.05 Å². The van der Waals surface area contributed by atoms with E-state index < -0.39 is 11.6 Å². The van der Waals surface area contributed by atoms with Crippen LogP contribution in [-0.4, -0.2) is 9.78 Å². The largest absolute Gasteiger partial charge is 0.305 e. The van der Waals surface area contributed by atoms with Gasteiger partial charge in [0.2, 0.25) is 0 Å². The van der Waals surface area contributed by atoms with Crippen LogP contribution in [0.3, 0.4) is 0 Å². The second-order valence-electron chi connectivity index (χ2n) is 4.22. The molecular formula is C13H15F2N3. The molecule has 1 aromatic carbocycles. The number of halogens is 2. The zero-order valence-electron chi connectivity index (χ0n) is 10.3. The van der Waals surface area contributed by atoms with E-state index in [1.54, 1.807) is 16.9 Å². The minimum absolute atomic E-state index is 0.0602. The number of nitrogens with one attached hydrogen (secondary N) is 1. The van der Waals surface area contributed by atoms with Gasteiger partial charge in [0.1, 0.15) is 0 Å². The van der Waals surface area contributed by atoms with Gasteiger partial charge in [-0.25, -0.2) is 8.78 Å². The van der Waals surface area contributed by atoms with Crippen LogP contribution in [0.2, 0.25) is 0 Å². The first-order valence-electron chi connectivity index (χ1n) is 5.73. The molecule has 96 valence electrons. The Morgan fingerprint density at radius 2 is 2.06 bits per heavy atom. The van der Waals surface area contributed by atoms with Crippen LogP contribution >= 0.6 is 0 Å². The lowest BCUT2D eigenvalue weighted by molar-refractivity contribution is 0.498. The van der Waals surface area contributed by atoms with E-state index in [4.69, 9.17) is 0 Å². The van der Waals surface area contributed by atoms with E-state index in [2.05, 4.69) is 10.4 Å². The number of hydrogen-bond acceptors (Lipinski definition) is 2. The molecule has 0 radical (unpaired) electrons. The Kier molecular flexibility index (Phi) is 3.72. The standard InChI is InChI=1S/C13H15F2N3/c1-9(10-3-4-12(14)13(15)7-10)16-8-11-5-6-17-18(11)2/h3-7,9,16H,8H2,1-2H3. The summed E-state index contributed by atoms with van der Waals surface area (Å²) >= 11 is 0.